The Morgan fingerprint density at radius 3 is 1.92 bits per heavy atom. The van der Waals surface area contributed by atoms with Gasteiger partial charge in [-0.2, -0.15) is 26.3 Å². The maximum absolute atomic E-state index is 12.9. The second kappa shape index (κ2) is 10.8. The Balaban J connectivity index is 1.59. The van der Waals surface area contributed by atoms with Gasteiger partial charge in [-0.1, -0.05) is 18.2 Å². The van der Waals surface area contributed by atoms with E-state index in [0.29, 0.717) is 11.8 Å². The Bertz CT molecular complexity index is 1160. The lowest BCUT2D eigenvalue weighted by molar-refractivity contribution is -0.145. The second-order valence-corrected chi connectivity index (χ2v) is 7.69. The molecule has 0 aliphatic rings. The van der Waals surface area contributed by atoms with E-state index < -0.39 is 41.7 Å². The third-order valence-corrected chi connectivity index (χ3v) is 4.83. The van der Waals surface area contributed by atoms with Gasteiger partial charge >= 0.3 is 18.3 Å². The molecule has 0 aromatic heterocycles. The van der Waals surface area contributed by atoms with Crippen molar-refractivity contribution in [3.63, 3.8) is 0 Å². The van der Waals surface area contributed by atoms with Crippen LogP contribution in [0.3, 0.4) is 0 Å². The summed E-state index contributed by atoms with van der Waals surface area (Å²) in [5.41, 5.74) is -1.60. The largest absolute Gasteiger partial charge is 0.490 e. The van der Waals surface area contributed by atoms with Gasteiger partial charge in [0.15, 0.2) is 0 Å². The highest BCUT2D eigenvalue weighted by Crippen LogP contribution is 2.33. The number of carboxylic acids is 1. The van der Waals surface area contributed by atoms with Crippen LogP contribution in [-0.4, -0.2) is 23.8 Å². The summed E-state index contributed by atoms with van der Waals surface area (Å²) in [7, 11) is 0. The third kappa shape index (κ3) is 7.30. The van der Waals surface area contributed by atoms with Gasteiger partial charge in [-0.3, -0.25) is 0 Å². The van der Waals surface area contributed by atoms with Crippen molar-refractivity contribution in [3.05, 3.63) is 89.5 Å². The van der Waals surface area contributed by atoms with E-state index in [9.17, 15) is 36.2 Å². The Labute approximate surface area is 201 Å². The lowest BCUT2D eigenvalue weighted by Crippen LogP contribution is -2.21. The fourth-order valence-corrected chi connectivity index (χ4v) is 3.08. The zero-order valence-corrected chi connectivity index (χ0v) is 18.6. The first kappa shape index (κ1) is 26.7. The van der Waals surface area contributed by atoms with Gasteiger partial charge in [0, 0.05) is 5.56 Å². The Hall–Kier alpha value is -3.89. The quantitative estimate of drug-likeness (QED) is 0.319. The smallest absolute Gasteiger partial charge is 0.416 e. The van der Waals surface area contributed by atoms with E-state index in [1.807, 2.05) is 0 Å². The van der Waals surface area contributed by atoms with Crippen LogP contribution in [0.25, 0.3) is 0 Å². The highest BCUT2D eigenvalue weighted by Gasteiger charge is 2.32. The van der Waals surface area contributed by atoms with E-state index in [-0.39, 0.29) is 23.7 Å². The Morgan fingerprint density at radius 2 is 1.36 bits per heavy atom. The predicted molar refractivity (Wildman–Crippen MR) is 116 cm³/mol. The number of carbonyl (C=O) groups is 1. The minimum absolute atomic E-state index is 0.0312. The van der Waals surface area contributed by atoms with Crippen LogP contribution < -0.4 is 14.2 Å². The molecular weight excluding hydrogens is 494 g/mol. The van der Waals surface area contributed by atoms with Crippen LogP contribution in [0.15, 0.2) is 72.8 Å². The van der Waals surface area contributed by atoms with Gasteiger partial charge in [0.25, 0.3) is 0 Å². The van der Waals surface area contributed by atoms with Crippen LogP contribution in [0.1, 0.15) is 29.7 Å². The molecule has 3 rings (SSSR count). The van der Waals surface area contributed by atoms with Crippen molar-refractivity contribution in [1.29, 1.82) is 0 Å². The third-order valence-electron chi connectivity index (χ3n) is 4.83. The van der Waals surface area contributed by atoms with E-state index >= 15 is 0 Å². The maximum Gasteiger partial charge on any atom is 0.416 e. The molecule has 0 bridgehead atoms. The summed E-state index contributed by atoms with van der Waals surface area (Å²) < 4.78 is 93.0. The van der Waals surface area contributed by atoms with Crippen molar-refractivity contribution in [3.8, 4) is 17.2 Å². The molecular formula is C25H20F6O5. The van der Waals surface area contributed by atoms with Crippen LogP contribution in [0.5, 0.6) is 17.2 Å². The summed E-state index contributed by atoms with van der Waals surface area (Å²) in [6.07, 6.45) is -11.1. The molecule has 3 aromatic carbocycles. The number of aliphatic carboxylic acids is 1. The minimum atomic E-state index is -4.61. The van der Waals surface area contributed by atoms with Crippen molar-refractivity contribution in [2.24, 2.45) is 0 Å². The molecule has 0 saturated carbocycles. The minimum Gasteiger partial charge on any atom is -0.490 e. The van der Waals surface area contributed by atoms with Gasteiger partial charge in [0.2, 0.25) is 6.10 Å². The first-order chi connectivity index (χ1) is 16.8. The molecule has 1 N–H and O–H groups in total. The van der Waals surface area contributed by atoms with Gasteiger partial charge in [-0.25, -0.2) is 4.79 Å². The summed E-state index contributed by atoms with van der Waals surface area (Å²) >= 11 is 0. The number of alkyl halides is 6. The molecule has 2 atom stereocenters. The molecule has 3 aromatic rings. The van der Waals surface area contributed by atoms with Crippen molar-refractivity contribution in [2.45, 2.75) is 31.5 Å². The SMILES string of the molecule is CC(COc1ccc(C(Oc2cccc(C(F)(F)F)c2)C(=O)O)cc1)Oc1ccc(C(F)(F)F)cc1. The lowest BCUT2D eigenvalue weighted by atomic mass is 10.1. The van der Waals surface area contributed by atoms with Crippen LogP contribution in [0, 0.1) is 0 Å². The molecule has 0 radical (unpaired) electrons. The molecule has 5 nitrogen and oxygen atoms in total. The van der Waals surface area contributed by atoms with Gasteiger partial charge in [-0.15, -0.1) is 0 Å². The number of rotatable bonds is 9. The van der Waals surface area contributed by atoms with E-state index in [0.717, 1.165) is 24.3 Å². The number of hydrogen-bond acceptors (Lipinski definition) is 4. The van der Waals surface area contributed by atoms with Crippen molar-refractivity contribution in [2.75, 3.05) is 6.61 Å². The zero-order chi connectivity index (χ0) is 26.5. The van der Waals surface area contributed by atoms with Crippen molar-refractivity contribution < 1.29 is 50.5 Å². The van der Waals surface area contributed by atoms with E-state index in [4.69, 9.17) is 14.2 Å². The molecule has 2 unspecified atom stereocenters. The van der Waals surface area contributed by atoms with Gasteiger partial charge in [-0.05, 0) is 61.5 Å². The molecule has 0 amide bonds. The summed E-state index contributed by atoms with van der Waals surface area (Å²) in [5, 5.41) is 9.51. The number of hydrogen-bond donors (Lipinski definition) is 1. The Kier molecular flexibility index (Phi) is 8.01. The first-order valence-corrected chi connectivity index (χ1v) is 10.5. The zero-order valence-electron chi connectivity index (χ0n) is 18.6. The monoisotopic (exact) mass is 514 g/mol. The van der Waals surface area contributed by atoms with Crippen LogP contribution >= 0.6 is 0 Å². The molecule has 0 saturated heterocycles. The molecule has 0 heterocycles. The molecule has 0 spiro atoms. The van der Waals surface area contributed by atoms with Crippen LogP contribution in [0.2, 0.25) is 0 Å². The lowest BCUT2D eigenvalue weighted by Gasteiger charge is -2.18. The fraction of sp³-hybridized carbons (Fsp3) is 0.240. The number of halogens is 6. The summed E-state index contributed by atoms with van der Waals surface area (Å²) in [6.45, 7) is 1.68. The molecule has 11 heteroatoms. The van der Waals surface area contributed by atoms with Crippen LogP contribution in [-0.2, 0) is 17.1 Å². The van der Waals surface area contributed by atoms with Crippen molar-refractivity contribution in [1.82, 2.24) is 0 Å². The van der Waals surface area contributed by atoms with E-state index in [1.165, 1.54) is 42.5 Å². The molecule has 0 aliphatic carbocycles. The highest BCUT2D eigenvalue weighted by molar-refractivity contribution is 5.75. The molecule has 0 aliphatic heterocycles. The summed E-state index contributed by atoms with van der Waals surface area (Å²) in [6, 6.07) is 13.8. The standard InChI is InChI=1S/C25H20F6O5/c1-15(35-20-11-7-17(8-12-20)24(26,27)28)14-34-19-9-5-16(6-10-19)22(23(32)33)36-21-4-2-3-18(13-21)25(29,30)31/h2-13,15,22H,14H2,1H3,(H,32,33). The molecule has 36 heavy (non-hydrogen) atoms. The van der Waals surface area contributed by atoms with Gasteiger partial charge < -0.3 is 19.3 Å². The number of benzene rings is 3. The predicted octanol–water partition coefficient (Wildman–Crippen LogP) is 6.78. The highest BCUT2D eigenvalue weighted by atomic mass is 19.4. The first-order valence-electron chi connectivity index (χ1n) is 10.5. The number of ether oxygens (including phenoxy) is 3. The van der Waals surface area contributed by atoms with Crippen LogP contribution in [0.4, 0.5) is 26.3 Å². The summed E-state index contributed by atoms with van der Waals surface area (Å²) in [5.74, 6) is -1.10. The topological polar surface area (TPSA) is 65.0 Å². The average molecular weight is 514 g/mol. The molecule has 192 valence electrons. The Morgan fingerprint density at radius 1 is 0.778 bits per heavy atom. The second-order valence-electron chi connectivity index (χ2n) is 7.69. The van der Waals surface area contributed by atoms with Crippen molar-refractivity contribution >= 4 is 5.97 Å². The normalized spacial score (nSPS) is 13.5. The summed E-state index contributed by atoms with van der Waals surface area (Å²) in [4.78, 5) is 11.7. The average Bonchev–Trinajstić information content (AvgIpc) is 2.81. The molecule has 0 fully saturated rings. The fourth-order valence-electron chi connectivity index (χ4n) is 3.08. The number of carboxylic acid groups (broad SMARTS) is 1. The van der Waals surface area contributed by atoms with E-state index in [1.54, 1.807) is 6.92 Å². The van der Waals surface area contributed by atoms with E-state index in [2.05, 4.69) is 0 Å². The van der Waals surface area contributed by atoms with Gasteiger partial charge in [0.1, 0.15) is 30.0 Å². The van der Waals surface area contributed by atoms with Gasteiger partial charge in [0.05, 0.1) is 11.1 Å². The maximum atomic E-state index is 12.9.